The number of hydrazone groups is 2. The SMILES string of the molecule is C/C(C/C(C)=N/Nc1ccccc1[N+](=O)[O-])=N\Nc1ccccc1[N+](=O)[O-]. The van der Waals surface area contributed by atoms with Crippen LogP contribution in [0.15, 0.2) is 58.7 Å². The molecule has 0 heterocycles. The second-order valence-electron chi connectivity index (χ2n) is 5.64. The third-order valence-electron chi connectivity index (χ3n) is 3.45. The van der Waals surface area contributed by atoms with Gasteiger partial charge in [0.2, 0.25) is 0 Å². The van der Waals surface area contributed by atoms with E-state index in [2.05, 4.69) is 21.1 Å². The van der Waals surface area contributed by atoms with Gasteiger partial charge in [0.15, 0.2) is 0 Å². The second-order valence-corrected chi connectivity index (χ2v) is 5.64. The number of anilines is 2. The van der Waals surface area contributed by atoms with Crippen LogP contribution >= 0.6 is 0 Å². The van der Waals surface area contributed by atoms with Gasteiger partial charge >= 0.3 is 0 Å². The quantitative estimate of drug-likeness (QED) is 0.407. The van der Waals surface area contributed by atoms with Crippen molar-refractivity contribution in [3.8, 4) is 0 Å². The smallest absolute Gasteiger partial charge is 0.272 e. The van der Waals surface area contributed by atoms with Crippen molar-refractivity contribution >= 4 is 34.2 Å². The van der Waals surface area contributed by atoms with E-state index >= 15 is 0 Å². The molecule has 0 spiro atoms. The maximum atomic E-state index is 11.0. The summed E-state index contributed by atoms with van der Waals surface area (Å²) < 4.78 is 0. The van der Waals surface area contributed by atoms with Crippen LogP contribution in [0.2, 0.25) is 0 Å². The Hall–Kier alpha value is -3.82. The number of benzene rings is 2. The summed E-state index contributed by atoms with van der Waals surface area (Å²) in [6.07, 6.45) is 0.376. The maximum absolute atomic E-state index is 11.0. The Bertz CT molecular complexity index is 836. The summed E-state index contributed by atoms with van der Waals surface area (Å²) >= 11 is 0. The molecule has 140 valence electrons. The number of nitrogens with one attached hydrogen (secondary N) is 2. The molecule has 0 fully saturated rings. The van der Waals surface area contributed by atoms with Crippen LogP contribution in [0.1, 0.15) is 20.3 Å². The molecular formula is C17H18N6O4. The lowest BCUT2D eigenvalue weighted by molar-refractivity contribution is -0.384. The standard InChI is InChI=1S/C17H18N6O4/c1-12(18-20-14-7-3-5-9-16(14)22(24)25)11-13(2)19-21-15-8-4-6-10-17(15)23(26)27/h3-10,20-21H,11H2,1-2H3/b18-12+,19-13+. The molecule has 0 bridgehead atoms. The zero-order chi connectivity index (χ0) is 19.8. The first-order valence-electron chi connectivity index (χ1n) is 7.93. The Morgan fingerprint density at radius 2 is 1.19 bits per heavy atom. The first kappa shape index (κ1) is 19.5. The van der Waals surface area contributed by atoms with Crippen LogP contribution in [0.5, 0.6) is 0 Å². The average Bonchev–Trinajstić information content (AvgIpc) is 2.65. The highest BCUT2D eigenvalue weighted by molar-refractivity contribution is 6.02. The maximum Gasteiger partial charge on any atom is 0.294 e. The molecular weight excluding hydrogens is 352 g/mol. The molecule has 0 radical (unpaired) electrons. The summed E-state index contributed by atoms with van der Waals surface area (Å²) in [6.45, 7) is 3.48. The molecule has 2 aromatic rings. The fourth-order valence-corrected chi connectivity index (χ4v) is 2.22. The van der Waals surface area contributed by atoms with E-state index in [1.807, 2.05) is 0 Å². The van der Waals surface area contributed by atoms with Gasteiger partial charge in [0.1, 0.15) is 11.4 Å². The Morgan fingerprint density at radius 3 is 1.56 bits per heavy atom. The highest BCUT2D eigenvalue weighted by Crippen LogP contribution is 2.24. The average molecular weight is 370 g/mol. The van der Waals surface area contributed by atoms with Gasteiger partial charge in [0.05, 0.1) is 9.85 Å². The predicted octanol–water partition coefficient (Wildman–Crippen LogP) is 4.17. The van der Waals surface area contributed by atoms with Crippen molar-refractivity contribution < 1.29 is 9.85 Å². The van der Waals surface area contributed by atoms with Gasteiger partial charge < -0.3 is 0 Å². The van der Waals surface area contributed by atoms with Gasteiger partial charge in [-0.15, -0.1) is 0 Å². The van der Waals surface area contributed by atoms with Crippen molar-refractivity contribution in [3.05, 3.63) is 68.8 Å². The van der Waals surface area contributed by atoms with Gasteiger partial charge in [-0.05, 0) is 26.0 Å². The first-order valence-corrected chi connectivity index (χ1v) is 7.93. The third-order valence-corrected chi connectivity index (χ3v) is 3.45. The minimum atomic E-state index is -0.490. The second kappa shape index (κ2) is 9.04. The summed E-state index contributed by atoms with van der Waals surface area (Å²) in [6, 6.07) is 12.4. The number of nitro benzene ring substituents is 2. The number of hydrogen-bond donors (Lipinski definition) is 2. The minimum absolute atomic E-state index is 0.0718. The van der Waals surface area contributed by atoms with Crippen LogP contribution in [0, 0.1) is 20.2 Å². The molecule has 10 heteroatoms. The van der Waals surface area contributed by atoms with E-state index in [1.54, 1.807) is 50.2 Å². The summed E-state index contributed by atoms with van der Waals surface area (Å²) in [5, 5.41) is 30.2. The van der Waals surface area contributed by atoms with E-state index in [1.165, 1.54) is 12.1 Å². The lowest BCUT2D eigenvalue weighted by atomic mass is 10.2. The molecule has 10 nitrogen and oxygen atoms in total. The molecule has 2 rings (SSSR count). The van der Waals surface area contributed by atoms with Crippen LogP contribution < -0.4 is 10.9 Å². The molecule has 0 aromatic heterocycles. The van der Waals surface area contributed by atoms with Crippen LogP contribution in [0.4, 0.5) is 22.7 Å². The van der Waals surface area contributed by atoms with Crippen LogP contribution in [0.3, 0.4) is 0 Å². The van der Waals surface area contributed by atoms with Crippen LogP contribution in [-0.4, -0.2) is 21.3 Å². The molecule has 0 amide bonds. The van der Waals surface area contributed by atoms with Crippen molar-refractivity contribution in [3.63, 3.8) is 0 Å². The molecule has 2 N–H and O–H groups in total. The molecule has 27 heavy (non-hydrogen) atoms. The highest BCUT2D eigenvalue weighted by atomic mass is 16.6. The van der Waals surface area contributed by atoms with Gasteiger partial charge in [-0.25, -0.2) is 0 Å². The van der Waals surface area contributed by atoms with Gasteiger partial charge in [0.25, 0.3) is 11.4 Å². The number of nitrogens with zero attached hydrogens (tertiary/aromatic N) is 4. The van der Waals surface area contributed by atoms with Crippen LogP contribution in [-0.2, 0) is 0 Å². The molecule has 0 aliphatic carbocycles. The molecule has 0 aliphatic rings. The topological polar surface area (TPSA) is 135 Å². The number of nitro groups is 2. The van der Waals surface area contributed by atoms with E-state index < -0.39 is 9.85 Å². The Kier molecular flexibility index (Phi) is 6.53. The molecule has 2 aromatic carbocycles. The molecule has 0 aliphatic heterocycles. The molecule has 0 saturated heterocycles. The molecule has 0 saturated carbocycles. The number of rotatable bonds is 8. The van der Waals surface area contributed by atoms with Crippen molar-refractivity contribution in [2.45, 2.75) is 20.3 Å². The minimum Gasteiger partial charge on any atom is -0.272 e. The normalized spacial score (nSPS) is 11.8. The van der Waals surface area contributed by atoms with Gasteiger partial charge in [-0.2, -0.15) is 10.2 Å². The van der Waals surface area contributed by atoms with E-state index in [-0.39, 0.29) is 22.7 Å². The molecule has 0 unspecified atom stereocenters. The Morgan fingerprint density at radius 1 is 0.815 bits per heavy atom. The highest BCUT2D eigenvalue weighted by Gasteiger charge is 2.12. The largest absolute Gasteiger partial charge is 0.294 e. The number of para-hydroxylation sites is 4. The summed E-state index contributed by atoms with van der Waals surface area (Å²) in [5.74, 6) is 0. The summed E-state index contributed by atoms with van der Waals surface area (Å²) in [7, 11) is 0. The predicted molar refractivity (Wildman–Crippen MR) is 104 cm³/mol. The fourth-order valence-electron chi connectivity index (χ4n) is 2.22. The fraction of sp³-hybridized carbons (Fsp3) is 0.176. The molecule has 0 atom stereocenters. The van der Waals surface area contributed by atoms with E-state index in [9.17, 15) is 20.2 Å². The zero-order valence-corrected chi connectivity index (χ0v) is 14.7. The Labute approximate surface area is 154 Å². The van der Waals surface area contributed by atoms with E-state index in [0.29, 0.717) is 17.8 Å². The van der Waals surface area contributed by atoms with Crippen molar-refractivity contribution in [2.75, 3.05) is 10.9 Å². The van der Waals surface area contributed by atoms with E-state index in [4.69, 9.17) is 0 Å². The monoisotopic (exact) mass is 370 g/mol. The Balaban J connectivity index is 2.02. The van der Waals surface area contributed by atoms with Gasteiger partial charge in [-0.1, -0.05) is 24.3 Å². The zero-order valence-electron chi connectivity index (χ0n) is 14.7. The van der Waals surface area contributed by atoms with Crippen molar-refractivity contribution in [1.82, 2.24) is 0 Å². The van der Waals surface area contributed by atoms with Gasteiger partial charge in [-0.3, -0.25) is 31.1 Å². The lowest BCUT2D eigenvalue weighted by Crippen LogP contribution is -2.07. The summed E-state index contributed by atoms with van der Waals surface area (Å²) in [5.41, 5.74) is 7.06. The summed E-state index contributed by atoms with van der Waals surface area (Å²) in [4.78, 5) is 21.0. The van der Waals surface area contributed by atoms with Crippen molar-refractivity contribution in [2.24, 2.45) is 10.2 Å². The first-order chi connectivity index (χ1) is 12.9. The van der Waals surface area contributed by atoms with E-state index in [0.717, 1.165) is 0 Å². The van der Waals surface area contributed by atoms with Gasteiger partial charge in [0, 0.05) is 30.0 Å². The lowest BCUT2D eigenvalue weighted by Gasteiger charge is -2.05. The van der Waals surface area contributed by atoms with Crippen LogP contribution in [0.25, 0.3) is 0 Å². The number of hydrogen-bond acceptors (Lipinski definition) is 8. The van der Waals surface area contributed by atoms with Crippen molar-refractivity contribution in [1.29, 1.82) is 0 Å². The third kappa shape index (κ3) is 5.59.